The van der Waals surface area contributed by atoms with Gasteiger partial charge in [-0.05, 0) is 68.5 Å². The summed E-state index contributed by atoms with van der Waals surface area (Å²) in [6.45, 7) is 4.66. The van der Waals surface area contributed by atoms with Crippen LogP contribution >= 0.6 is 0 Å². The Morgan fingerprint density at radius 1 is 0.857 bits per heavy atom. The summed E-state index contributed by atoms with van der Waals surface area (Å²) in [6, 6.07) is 17.3. The Morgan fingerprint density at radius 3 is 2.31 bits per heavy atom. The molecule has 0 aromatic heterocycles. The highest BCUT2D eigenvalue weighted by Gasteiger charge is 2.34. The Kier molecular flexibility index (Phi) is 7.37. The quantitative estimate of drug-likeness (QED) is 0.543. The van der Waals surface area contributed by atoms with E-state index in [1.54, 1.807) is 22.5 Å². The third-order valence-electron chi connectivity index (χ3n) is 7.58. The summed E-state index contributed by atoms with van der Waals surface area (Å²) >= 11 is 0. The van der Waals surface area contributed by atoms with Crippen LogP contribution in [0.25, 0.3) is 0 Å². The zero-order chi connectivity index (χ0) is 24.3. The van der Waals surface area contributed by atoms with Crippen LogP contribution in [-0.4, -0.2) is 67.7 Å². The minimum Gasteiger partial charge on any atom is -0.330 e. The smallest absolute Gasteiger partial charge is 0.243 e. The van der Waals surface area contributed by atoms with Crippen LogP contribution in [-0.2, 0) is 14.8 Å². The van der Waals surface area contributed by atoms with Crippen LogP contribution in [0.1, 0.15) is 55.2 Å². The number of benzene rings is 2. The van der Waals surface area contributed by atoms with E-state index in [2.05, 4.69) is 29.2 Å². The maximum Gasteiger partial charge on any atom is 0.243 e. The number of amides is 1. The second kappa shape index (κ2) is 10.6. The van der Waals surface area contributed by atoms with Crippen LogP contribution in [0.5, 0.6) is 0 Å². The number of rotatable bonds is 7. The fraction of sp³-hybridized carbons (Fsp3) is 0.464. The first-order chi connectivity index (χ1) is 17.0. The van der Waals surface area contributed by atoms with Crippen molar-refractivity contribution in [3.8, 4) is 0 Å². The summed E-state index contributed by atoms with van der Waals surface area (Å²) in [5, 5.41) is 0. The van der Waals surface area contributed by atoms with Gasteiger partial charge in [-0.25, -0.2) is 8.42 Å². The normalized spacial score (nSPS) is 23.0. The van der Waals surface area contributed by atoms with Crippen molar-refractivity contribution in [2.75, 3.05) is 39.3 Å². The number of carbonyl (C=O) groups is 1. The van der Waals surface area contributed by atoms with Gasteiger partial charge in [-0.3, -0.25) is 4.79 Å². The van der Waals surface area contributed by atoms with Crippen LogP contribution in [0.15, 0.2) is 71.6 Å². The van der Waals surface area contributed by atoms with Crippen LogP contribution in [0.3, 0.4) is 0 Å². The molecule has 2 fully saturated rings. The van der Waals surface area contributed by atoms with Gasteiger partial charge < -0.3 is 9.80 Å². The molecule has 3 aliphatic heterocycles. The van der Waals surface area contributed by atoms with Crippen LogP contribution in [0.4, 0.5) is 0 Å². The summed E-state index contributed by atoms with van der Waals surface area (Å²) in [6.07, 6.45) is 8.94. The first kappa shape index (κ1) is 24.2. The molecule has 2 saturated heterocycles. The summed E-state index contributed by atoms with van der Waals surface area (Å²) in [7, 11) is -3.53. The van der Waals surface area contributed by atoms with Gasteiger partial charge in [-0.1, -0.05) is 54.6 Å². The van der Waals surface area contributed by atoms with Gasteiger partial charge >= 0.3 is 0 Å². The Labute approximate surface area is 209 Å². The van der Waals surface area contributed by atoms with E-state index in [4.69, 9.17) is 0 Å². The molecule has 6 nitrogen and oxygen atoms in total. The zero-order valence-electron chi connectivity index (χ0n) is 20.3. The van der Waals surface area contributed by atoms with Gasteiger partial charge in [0.2, 0.25) is 15.9 Å². The van der Waals surface area contributed by atoms with Crippen molar-refractivity contribution in [1.82, 2.24) is 14.1 Å². The largest absolute Gasteiger partial charge is 0.330 e. The van der Waals surface area contributed by atoms with E-state index in [0.29, 0.717) is 31.0 Å². The summed E-state index contributed by atoms with van der Waals surface area (Å²) < 4.78 is 27.9. The van der Waals surface area contributed by atoms with E-state index in [9.17, 15) is 13.2 Å². The molecule has 35 heavy (non-hydrogen) atoms. The number of carbonyl (C=O) groups excluding carboxylic acids is 1. The molecule has 5 rings (SSSR count). The van der Waals surface area contributed by atoms with Gasteiger partial charge in [0, 0.05) is 26.2 Å². The predicted molar refractivity (Wildman–Crippen MR) is 138 cm³/mol. The lowest BCUT2D eigenvalue weighted by atomic mass is 9.93. The minimum absolute atomic E-state index is 0.0384. The van der Waals surface area contributed by atoms with Gasteiger partial charge in [0.05, 0.1) is 16.9 Å². The number of allylic oxidation sites excluding steroid dienone is 1. The van der Waals surface area contributed by atoms with Crippen LogP contribution in [0.2, 0.25) is 0 Å². The highest BCUT2D eigenvalue weighted by Crippen LogP contribution is 2.33. The molecule has 0 radical (unpaired) electrons. The Balaban J connectivity index is 1.45. The zero-order valence-corrected chi connectivity index (χ0v) is 21.1. The van der Waals surface area contributed by atoms with Gasteiger partial charge in [0.15, 0.2) is 0 Å². The Bertz CT molecular complexity index is 1150. The lowest BCUT2D eigenvalue weighted by molar-refractivity contribution is -0.134. The van der Waals surface area contributed by atoms with Crippen molar-refractivity contribution < 1.29 is 13.2 Å². The Hall–Kier alpha value is -2.48. The number of likely N-dealkylation sites (tertiary alicyclic amines) is 1. The van der Waals surface area contributed by atoms with Crippen LogP contribution in [0, 0.1) is 0 Å². The second-order valence-electron chi connectivity index (χ2n) is 9.87. The molecule has 3 aliphatic rings. The third kappa shape index (κ3) is 5.22. The molecule has 2 aromatic rings. The molecule has 2 atom stereocenters. The van der Waals surface area contributed by atoms with Crippen LogP contribution < -0.4 is 0 Å². The Morgan fingerprint density at radius 2 is 1.57 bits per heavy atom. The van der Waals surface area contributed by atoms with Crippen molar-refractivity contribution >= 4 is 15.9 Å². The number of sulfonamides is 1. The van der Waals surface area contributed by atoms with Crippen molar-refractivity contribution in [3.63, 3.8) is 0 Å². The van der Waals surface area contributed by atoms with Crippen molar-refractivity contribution in [2.24, 2.45) is 0 Å². The highest BCUT2D eigenvalue weighted by atomic mass is 32.2. The van der Waals surface area contributed by atoms with Crippen molar-refractivity contribution in [3.05, 3.63) is 77.9 Å². The van der Waals surface area contributed by atoms with Crippen molar-refractivity contribution in [1.29, 1.82) is 0 Å². The fourth-order valence-electron chi connectivity index (χ4n) is 5.61. The second-order valence-corrected chi connectivity index (χ2v) is 11.8. The molecule has 7 heteroatoms. The molecule has 0 bridgehead atoms. The average molecular weight is 494 g/mol. The first-order valence-electron chi connectivity index (χ1n) is 12.9. The molecular weight excluding hydrogens is 458 g/mol. The lowest BCUT2D eigenvalue weighted by Crippen LogP contribution is -2.42. The lowest BCUT2D eigenvalue weighted by Gasteiger charge is -2.35. The fourth-order valence-corrected chi connectivity index (χ4v) is 7.18. The SMILES string of the molecule is O=C1C(c2cccc(S(=O)(=O)N3CCCC3)c2)CC=CCN1C(CN1CCCC1)c1ccccc1. The van der Waals surface area contributed by atoms with E-state index in [0.717, 1.165) is 43.6 Å². The molecule has 0 saturated carbocycles. The number of hydrogen-bond acceptors (Lipinski definition) is 4. The van der Waals surface area contributed by atoms with E-state index < -0.39 is 15.9 Å². The molecule has 186 valence electrons. The molecule has 0 spiro atoms. The summed E-state index contributed by atoms with van der Waals surface area (Å²) in [4.78, 5) is 18.8. The predicted octanol–water partition coefficient (Wildman–Crippen LogP) is 4.18. The maximum atomic E-state index is 14.1. The number of hydrogen-bond donors (Lipinski definition) is 0. The monoisotopic (exact) mass is 493 g/mol. The molecular formula is C28H35N3O3S. The van der Waals surface area contributed by atoms with Gasteiger partial charge in [0.25, 0.3) is 0 Å². The number of nitrogens with zero attached hydrogens (tertiary/aromatic N) is 3. The van der Waals surface area contributed by atoms with Gasteiger partial charge in [-0.15, -0.1) is 0 Å². The summed E-state index contributed by atoms with van der Waals surface area (Å²) in [5.41, 5.74) is 1.92. The average Bonchev–Trinajstić information content (AvgIpc) is 3.58. The topological polar surface area (TPSA) is 60.9 Å². The molecule has 0 aliphatic carbocycles. The third-order valence-corrected chi connectivity index (χ3v) is 9.47. The first-order valence-corrected chi connectivity index (χ1v) is 14.3. The molecule has 2 aromatic carbocycles. The van der Waals surface area contributed by atoms with E-state index in [1.165, 1.54) is 12.8 Å². The van der Waals surface area contributed by atoms with Gasteiger partial charge in [-0.2, -0.15) is 4.31 Å². The molecule has 3 heterocycles. The minimum atomic E-state index is -3.53. The highest BCUT2D eigenvalue weighted by molar-refractivity contribution is 7.89. The standard InChI is InChI=1S/C28H35N3O3S/c32-28-26(24-13-10-14-25(21-24)35(33,34)30-18-8-9-19-30)15-4-5-20-31(28)27(22-29-16-6-7-17-29)23-11-2-1-3-12-23/h1-5,10-14,21,26-27H,6-9,15-20,22H2. The molecule has 1 amide bonds. The van der Waals surface area contributed by atoms with E-state index in [1.807, 2.05) is 29.2 Å². The molecule has 0 N–H and O–H groups in total. The summed E-state index contributed by atoms with van der Waals surface area (Å²) in [5.74, 6) is -0.328. The van der Waals surface area contributed by atoms with Gasteiger partial charge in [0.1, 0.15) is 0 Å². The van der Waals surface area contributed by atoms with Crippen molar-refractivity contribution in [2.45, 2.75) is 49.0 Å². The van der Waals surface area contributed by atoms with E-state index in [-0.39, 0.29) is 11.9 Å². The van der Waals surface area contributed by atoms with E-state index >= 15 is 0 Å². The maximum absolute atomic E-state index is 14.1. The molecule has 2 unspecified atom stereocenters.